The number of halogens is 1. The van der Waals surface area contributed by atoms with Crippen LogP contribution in [0.2, 0.25) is 5.02 Å². The van der Waals surface area contributed by atoms with Crippen molar-refractivity contribution in [3.05, 3.63) is 58.9 Å². The normalized spacial score (nSPS) is 16.4. The number of sulfonamides is 1. The summed E-state index contributed by atoms with van der Waals surface area (Å²) in [6.07, 6.45) is 0. The summed E-state index contributed by atoms with van der Waals surface area (Å²) in [4.78, 5) is 19.3. The highest BCUT2D eigenvalue weighted by molar-refractivity contribution is 8.15. The van der Waals surface area contributed by atoms with Crippen LogP contribution in [0.4, 0.5) is 5.69 Å². The van der Waals surface area contributed by atoms with Crippen molar-refractivity contribution in [3.8, 4) is 11.4 Å². The van der Waals surface area contributed by atoms with Crippen LogP contribution >= 0.6 is 23.4 Å². The molecule has 3 heterocycles. The van der Waals surface area contributed by atoms with E-state index >= 15 is 0 Å². The fraction of sp³-hybridized carbons (Fsp3) is 0.158. The summed E-state index contributed by atoms with van der Waals surface area (Å²) in [6, 6.07) is 12.0. The molecular formula is C19H13ClN4O5S2. The summed E-state index contributed by atoms with van der Waals surface area (Å²) in [7, 11) is -3.44. The van der Waals surface area contributed by atoms with Crippen LogP contribution in [-0.4, -0.2) is 42.0 Å². The summed E-state index contributed by atoms with van der Waals surface area (Å²) in [6.45, 7) is 0.152. The highest BCUT2D eigenvalue weighted by Gasteiger charge is 2.33. The number of carbonyl (C=O) groups is 1. The van der Waals surface area contributed by atoms with Crippen molar-refractivity contribution >= 4 is 50.2 Å². The van der Waals surface area contributed by atoms with Crippen LogP contribution < -0.4 is 4.90 Å². The molecular weight excluding hydrogens is 464 g/mol. The Bertz CT molecular complexity index is 1320. The van der Waals surface area contributed by atoms with Crippen molar-refractivity contribution in [2.24, 2.45) is 4.40 Å². The number of carbonyl (C=O) groups excluding carboxylic acids is 1. The van der Waals surface area contributed by atoms with Crippen LogP contribution in [0.1, 0.15) is 16.2 Å². The van der Waals surface area contributed by atoms with Crippen LogP contribution in [0.3, 0.4) is 0 Å². The minimum absolute atomic E-state index is 0.0392. The number of nitrogens with zero attached hydrogens (tertiary/aromatic N) is 4. The van der Waals surface area contributed by atoms with Gasteiger partial charge in [0.15, 0.2) is 11.8 Å². The molecule has 3 aromatic rings. The second-order valence-electron chi connectivity index (χ2n) is 6.69. The molecule has 0 radical (unpaired) electrons. The van der Waals surface area contributed by atoms with E-state index in [1.807, 2.05) is 4.90 Å². The van der Waals surface area contributed by atoms with Gasteiger partial charge in [-0.15, -0.1) is 4.40 Å². The first kappa shape index (κ1) is 20.0. The molecule has 31 heavy (non-hydrogen) atoms. The first-order valence-corrected chi connectivity index (χ1v) is 11.9. The monoisotopic (exact) mass is 476 g/mol. The van der Waals surface area contributed by atoms with E-state index in [0.29, 0.717) is 28.1 Å². The maximum atomic E-state index is 12.5. The fourth-order valence-electron chi connectivity index (χ4n) is 3.10. The predicted octanol–water partition coefficient (Wildman–Crippen LogP) is 3.36. The first-order chi connectivity index (χ1) is 14.9. The van der Waals surface area contributed by atoms with Crippen molar-refractivity contribution in [1.29, 1.82) is 0 Å². The Morgan fingerprint density at radius 2 is 2.03 bits per heavy atom. The van der Waals surface area contributed by atoms with Crippen molar-refractivity contribution in [2.45, 2.75) is 11.5 Å². The topological polar surface area (TPSA) is 115 Å². The van der Waals surface area contributed by atoms with Gasteiger partial charge in [-0.3, -0.25) is 0 Å². The van der Waals surface area contributed by atoms with Crippen LogP contribution in [0.25, 0.3) is 11.4 Å². The third kappa shape index (κ3) is 4.03. The average Bonchev–Trinajstić information content (AvgIpc) is 3.35. The molecule has 0 fully saturated rings. The summed E-state index contributed by atoms with van der Waals surface area (Å²) in [5, 5.41) is 4.87. The van der Waals surface area contributed by atoms with E-state index < -0.39 is 16.0 Å². The zero-order chi connectivity index (χ0) is 21.6. The van der Waals surface area contributed by atoms with Crippen LogP contribution in [0.5, 0.6) is 0 Å². The summed E-state index contributed by atoms with van der Waals surface area (Å²) < 4.78 is 37.7. The Balaban J connectivity index is 1.27. The van der Waals surface area contributed by atoms with Gasteiger partial charge < -0.3 is 14.2 Å². The lowest BCUT2D eigenvalue weighted by molar-refractivity contribution is 0.0429. The Morgan fingerprint density at radius 1 is 1.23 bits per heavy atom. The van der Waals surface area contributed by atoms with Crippen LogP contribution in [0, 0.1) is 0 Å². The number of anilines is 1. The van der Waals surface area contributed by atoms with Crippen LogP contribution in [0.15, 0.2) is 56.3 Å². The number of thioether (sulfide) groups is 1. The molecule has 0 amide bonds. The fourth-order valence-corrected chi connectivity index (χ4v) is 5.52. The van der Waals surface area contributed by atoms with Crippen molar-refractivity contribution in [2.75, 3.05) is 17.2 Å². The highest BCUT2D eigenvalue weighted by atomic mass is 35.5. The van der Waals surface area contributed by atoms with Gasteiger partial charge in [-0.1, -0.05) is 16.8 Å². The third-order valence-corrected chi connectivity index (χ3v) is 7.16. The lowest BCUT2D eigenvalue weighted by Gasteiger charge is -2.22. The third-order valence-electron chi connectivity index (χ3n) is 4.61. The molecule has 0 N–H and O–H groups in total. The second kappa shape index (κ2) is 7.66. The maximum absolute atomic E-state index is 12.5. The SMILES string of the molecule is O=C(OCc1nc(-c2ccc(Cl)cc2)no1)c1ccc2c(c1)SC1=NS(=O)(=O)CCN12. The van der Waals surface area contributed by atoms with E-state index in [2.05, 4.69) is 14.5 Å². The van der Waals surface area contributed by atoms with Gasteiger partial charge in [-0.2, -0.15) is 4.98 Å². The Morgan fingerprint density at radius 3 is 2.84 bits per heavy atom. The highest BCUT2D eigenvalue weighted by Crippen LogP contribution is 2.42. The summed E-state index contributed by atoms with van der Waals surface area (Å²) in [5.41, 5.74) is 1.87. The van der Waals surface area contributed by atoms with E-state index in [4.69, 9.17) is 20.9 Å². The molecule has 0 saturated carbocycles. The first-order valence-electron chi connectivity index (χ1n) is 9.06. The number of rotatable bonds is 4. The van der Waals surface area contributed by atoms with Gasteiger partial charge in [0.2, 0.25) is 5.82 Å². The number of hydrogen-bond donors (Lipinski definition) is 0. The molecule has 1 aromatic heterocycles. The molecule has 0 spiro atoms. The van der Waals surface area contributed by atoms with E-state index in [1.54, 1.807) is 42.5 Å². The standard InChI is InChI=1S/C19H13ClN4O5S2/c20-13-4-1-11(2-5-13)17-21-16(29-22-17)10-28-18(25)12-3-6-14-15(9-12)30-19-23-31(26,27)8-7-24(14)19/h1-6,9H,7-8,10H2. The molecule has 12 heteroatoms. The minimum atomic E-state index is -3.44. The smallest absolute Gasteiger partial charge is 0.338 e. The zero-order valence-electron chi connectivity index (χ0n) is 15.7. The molecule has 0 unspecified atom stereocenters. The molecule has 158 valence electrons. The van der Waals surface area contributed by atoms with Crippen molar-refractivity contribution in [3.63, 3.8) is 0 Å². The van der Waals surface area contributed by atoms with Gasteiger partial charge in [0, 0.05) is 22.0 Å². The number of aromatic nitrogens is 2. The predicted molar refractivity (Wildman–Crippen MR) is 115 cm³/mol. The van der Waals surface area contributed by atoms with Gasteiger partial charge in [0.1, 0.15) is 0 Å². The van der Waals surface area contributed by atoms with Gasteiger partial charge in [-0.25, -0.2) is 13.2 Å². The number of amidine groups is 1. The van der Waals surface area contributed by atoms with Gasteiger partial charge in [-0.05, 0) is 54.2 Å². The maximum Gasteiger partial charge on any atom is 0.338 e. The van der Waals surface area contributed by atoms with Crippen molar-refractivity contribution in [1.82, 2.24) is 10.1 Å². The molecule has 2 aliphatic heterocycles. The number of esters is 1. The molecule has 0 aliphatic carbocycles. The van der Waals surface area contributed by atoms with Gasteiger partial charge in [0.05, 0.1) is 17.0 Å². The summed E-state index contributed by atoms with van der Waals surface area (Å²) in [5.74, 6) is -0.0775. The molecule has 2 aromatic carbocycles. The Hall–Kier alpha value is -2.89. The number of hydrogen-bond acceptors (Lipinski definition) is 9. The number of ether oxygens (including phenoxy) is 1. The molecule has 5 rings (SSSR count). The Labute approximate surface area is 186 Å². The molecule has 9 nitrogen and oxygen atoms in total. The minimum Gasteiger partial charge on any atom is -0.452 e. The summed E-state index contributed by atoms with van der Waals surface area (Å²) >= 11 is 7.08. The lowest BCUT2D eigenvalue weighted by Crippen LogP contribution is -2.35. The second-order valence-corrected chi connectivity index (χ2v) is 9.89. The molecule has 2 aliphatic rings. The lowest BCUT2D eigenvalue weighted by atomic mass is 10.2. The quantitative estimate of drug-likeness (QED) is 0.522. The molecule has 0 atom stereocenters. The Kier molecular flexibility index (Phi) is 4.95. The van der Waals surface area contributed by atoms with Crippen LogP contribution in [-0.2, 0) is 21.4 Å². The number of benzene rings is 2. The zero-order valence-corrected chi connectivity index (χ0v) is 18.1. The van der Waals surface area contributed by atoms with Crippen molar-refractivity contribution < 1.29 is 22.5 Å². The van der Waals surface area contributed by atoms with E-state index in [9.17, 15) is 13.2 Å². The van der Waals surface area contributed by atoms with Gasteiger partial charge in [0.25, 0.3) is 15.9 Å². The molecule has 0 bridgehead atoms. The number of fused-ring (bicyclic) bond motifs is 3. The van der Waals surface area contributed by atoms with E-state index in [1.165, 1.54) is 11.8 Å². The van der Waals surface area contributed by atoms with E-state index in [-0.39, 0.29) is 18.3 Å². The molecule has 0 saturated heterocycles. The van der Waals surface area contributed by atoms with Gasteiger partial charge >= 0.3 is 5.97 Å². The average molecular weight is 477 g/mol. The largest absolute Gasteiger partial charge is 0.452 e. The van der Waals surface area contributed by atoms with E-state index in [0.717, 1.165) is 16.1 Å².